The fourth-order valence-corrected chi connectivity index (χ4v) is 2.98. The molecule has 0 spiro atoms. The zero-order valence-electron chi connectivity index (χ0n) is 12.0. The van der Waals surface area contributed by atoms with Gasteiger partial charge in [0.2, 0.25) is 0 Å². The van der Waals surface area contributed by atoms with Gasteiger partial charge in [0, 0.05) is 6.54 Å². The number of amides is 1. The first-order chi connectivity index (χ1) is 9.22. The van der Waals surface area contributed by atoms with E-state index in [1.165, 1.54) is 0 Å². The fraction of sp³-hybridized carbons (Fsp3) is 0.917. The molecule has 1 rings (SSSR count). The molecule has 1 saturated carbocycles. The molecule has 0 unspecified atom stereocenters. The maximum absolute atomic E-state index is 11.7. The highest BCUT2D eigenvalue weighted by Gasteiger charge is 2.30. The van der Waals surface area contributed by atoms with E-state index in [4.69, 9.17) is 4.74 Å². The van der Waals surface area contributed by atoms with Crippen LogP contribution in [0.4, 0.5) is 4.79 Å². The van der Waals surface area contributed by atoms with Gasteiger partial charge in [0.1, 0.15) is 0 Å². The predicted octanol–water partition coefficient (Wildman–Crippen LogP) is 1.04. The molecule has 1 amide bonds. The van der Waals surface area contributed by atoms with E-state index in [0.29, 0.717) is 12.8 Å². The number of carbonyl (C=O) groups excluding carboxylic acids is 1. The Morgan fingerprint density at radius 2 is 1.80 bits per heavy atom. The second-order valence-electron chi connectivity index (χ2n) is 5.52. The molecule has 1 fully saturated rings. The van der Waals surface area contributed by atoms with Crippen LogP contribution in [-0.2, 0) is 14.9 Å². The van der Waals surface area contributed by atoms with Crippen molar-refractivity contribution >= 4 is 16.3 Å². The van der Waals surface area contributed by atoms with Crippen LogP contribution in [0.15, 0.2) is 0 Å². The van der Waals surface area contributed by atoms with Crippen LogP contribution in [0.3, 0.4) is 0 Å². The van der Waals surface area contributed by atoms with Crippen molar-refractivity contribution in [3.8, 4) is 0 Å². The molecule has 0 aromatic rings. The van der Waals surface area contributed by atoms with E-state index >= 15 is 0 Å². The van der Waals surface area contributed by atoms with Crippen molar-refractivity contribution in [2.75, 3.05) is 6.54 Å². The van der Waals surface area contributed by atoms with E-state index in [1.807, 2.05) is 0 Å². The first-order valence-corrected chi connectivity index (χ1v) is 8.41. The molecule has 0 atom stereocenters. The van der Waals surface area contributed by atoms with Crippen molar-refractivity contribution in [3.63, 3.8) is 0 Å². The van der Waals surface area contributed by atoms with Crippen molar-refractivity contribution in [2.24, 2.45) is 0 Å². The highest BCUT2D eigenvalue weighted by atomic mass is 32.2. The molecule has 0 bridgehead atoms. The Hall–Kier alpha value is -0.860. The van der Waals surface area contributed by atoms with Gasteiger partial charge in [0.25, 0.3) is 0 Å². The van der Waals surface area contributed by atoms with E-state index in [2.05, 4.69) is 4.72 Å². The lowest BCUT2D eigenvalue weighted by atomic mass is 9.95. The number of hydrogen-bond acceptors (Lipinski definition) is 5. The van der Waals surface area contributed by atoms with Crippen LogP contribution in [0.5, 0.6) is 0 Å². The van der Waals surface area contributed by atoms with Crippen molar-refractivity contribution in [1.82, 2.24) is 9.44 Å². The number of aliphatic hydroxyl groups is 1. The highest BCUT2D eigenvalue weighted by molar-refractivity contribution is 7.88. The first-order valence-electron chi connectivity index (χ1n) is 6.93. The van der Waals surface area contributed by atoms with Crippen molar-refractivity contribution in [3.05, 3.63) is 0 Å². The van der Waals surface area contributed by atoms with Gasteiger partial charge in [-0.3, -0.25) is 0 Å². The lowest BCUT2D eigenvalue weighted by Gasteiger charge is -2.26. The fourth-order valence-electron chi connectivity index (χ4n) is 2.18. The number of nitrogens with one attached hydrogen (secondary N) is 2. The Balaban J connectivity index is 2.47. The third kappa shape index (κ3) is 6.53. The molecule has 3 N–H and O–H groups in total. The Labute approximate surface area is 120 Å². The summed E-state index contributed by atoms with van der Waals surface area (Å²) in [5, 5.41) is 10.3. The second-order valence-corrected chi connectivity index (χ2v) is 7.02. The van der Waals surface area contributed by atoms with Crippen LogP contribution in [-0.4, -0.2) is 37.9 Å². The van der Waals surface area contributed by atoms with Crippen LogP contribution < -0.4 is 9.44 Å². The molecule has 7 nitrogen and oxygen atoms in total. The van der Waals surface area contributed by atoms with E-state index in [1.54, 1.807) is 18.6 Å². The summed E-state index contributed by atoms with van der Waals surface area (Å²) in [6.07, 6.45) is 3.54. The van der Waals surface area contributed by atoms with Crippen molar-refractivity contribution in [1.29, 1.82) is 0 Å². The van der Waals surface area contributed by atoms with Gasteiger partial charge in [0.15, 0.2) is 0 Å². The summed E-state index contributed by atoms with van der Waals surface area (Å²) in [4.78, 5) is 11.2. The average Bonchev–Trinajstić information content (AvgIpc) is 2.51. The van der Waals surface area contributed by atoms with Crippen LogP contribution >= 0.6 is 0 Å². The summed E-state index contributed by atoms with van der Waals surface area (Å²) in [7, 11) is -4.01. The topological polar surface area (TPSA) is 105 Å². The zero-order valence-corrected chi connectivity index (χ0v) is 12.8. The number of rotatable bonds is 5. The Kier molecular flexibility index (Phi) is 6.22. The third-order valence-electron chi connectivity index (χ3n) is 3.19. The van der Waals surface area contributed by atoms with Gasteiger partial charge in [0.05, 0.1) is 11.7 Å². The summed E-state index contributed by atoms with van der Waals surface area (Å²) < 4.78 is 32.0. The number of hydrogen-bond donors (Lipinski definition) is 3. The summed E-state index contributed by atoms with van der Waals surface area (Å²) in [5.41, 5.74) is -1.03. The SMILES string of the molecule is CC(C)OC(=O)NS(=O)(=O)NCC1(O)CCCCCC1. The molecule has 1 aliphatic carbocycles. The van der Waals surface area contributed by atoms with E-state index in [0.717, 1.165) is 25.7 Å². The highest BCUT2D eigenvalue weighted by Crippen LogP contribution is 2.26. The minimum Gasteiger partial charge on any atom is -0.446 e. The maximum Gasteiger partial charge on any atom is 0.422 e. The summed E-state index contributed by atoms with van der Waals surface area (Å²) in [5.74, 6) is 0. The smallest absolute Gasteiger partial charge is 0.422 e. The van der Waals surface area contributed by atoms with Crippen LogP contribution in [0.2, 0.25) is 0 Å². The Bertz CT molecular complexity index is 414. The molecule has 0 saturated heterocycles. The van der Waals surface area contributed by atoms with Gasteiger partial charge in [-0.2, -0.15) is 13.1 Å². The predicted molar refractivity (Wildman–Crippen MR) is 74.3 cm³/mol. The summed E-state index contributed by atoms with van der Waals surface area (Å²) >= 11 is 0. The van der Waals surface area contributed by atoms with E-state index in [9.17, 15) is 18.3 Å². The standard InChI is InChI=1S/C12H24N2O5S/c1-10(2)19-11(15)14-20(17,18)13-9-12(16)7-5-3-4-6-8-12/h10,13,16H,3-9H2,1-2H3,(H,14,15). The second kappa shape index (κ2) is 7.24. The number of ether oxygens (including phenoxy) is 1. The minimum atomic E-state index is -4.01. The molecule has 0 aromatic carbocycles. The molecule has 0 radical (unpaired) electrons. The number of carbonyl (C=O) groups is 1. The van der Waals surface area contributed by atoms with Crippen LogP contribution in [0, 0.1) is 0 Å². The summed E-state index contributed by atoms with van der Waals surface area (Å²) in [6, 6.07) is 0. The van der Waals surface area contributed by atoms with Gasteiger partial charge in [-0.05, 0) is 26.7 Å². The molecule has 1 aliphatic rings. The van der Waals surface area contributed by atoms with Crippen molar-refractivity contribution < 1.29 is 23.1 Å². The first kappa shape index (κ1) is 17.2. The molecule has 20 heavy (non-hydrogen) atoms. The van der Waals surface area contributed by atoms with E-state index < -0.39 is 28.0 Å². The Morgan fingerprint density at radius 3 is 2.30 bits per heavy atom. The van der Waals surface area contributed by atoms with E-state index in [-0.39, 0.29) is 6.54 Å². The maximum atomic E-state index is 11.7. The summed E-state index contributed by atoms with van der Waals surface area (Å²) in [6.45, 7) is 3.14. The quantitative estimate of drug-likeness (QED) is 0.658. The lowest BCUT2D eigenvalue weighted by Crippen LogP contribution is -2.48. The molecule has 0 heterocycles. The van der Waals surface area contributed by atoms with Crippen molar-refractivity contribution in [2.45, 2.75) is 64.1 Å². The zero-order chi connectivity index (χ0) is 15.2. The minimum absolute atomic E-state index is 0.0999. The normalized spacial score (nSPS) is 19.4. The van der Waals surface area contributed by atoms with Gasteiger partial charge >= 0.3 is 16.3 Å². The molecule has 0 aliphatic heterocycles. The largest absolute Gasteiger partial charge is 0.446 e. The van der Waals surface area contributed by atoms with Gasteiger partial charge in [-0.15, -0.1) is 0 Å². The molecular weight excluding hydrogens is 284 g/mol. The Morgan fingerprint density at radius 1 is 1.25 bits per heavy atom. The van der Waals surface area contributed by atoms with Gasteiger partial charge in [-0.25, -0.2) is 9.52 Å². The van der Waals surface area contributed by atoms with Gasteiger partial charge < -0.3 is 9.84 Å². The molecule has 0 aromatic heterocycles. The van der Waals surface area contributed by atoms with Gasteiger partial charge in [-0.1, -0.05) is 25.7 Å². The van der Waals surface area contributed by atoms with Crippen LogP contribution in [0.25, 0.3) is 0 Å². The monoisotopic (exact) mass is 308 g/mol. The molecule has 118 valence electrons. The molecular formula is C12H24N2O5S. The molecule has 8 heteroatoms. The average molecular weight is 308 g/mol. The lowest BCUT2D eigenvalue weighted by molar-refractivity contribution is 0.0301. The van der Waals surface area contributed by atoms with Crippen LogP contribution in [0.1, 0.15) is 52.4 Å². The third-order valence-corrected chi connectivity index (χ3v) is 4.15.